The summed E-state index contributed by atoms with van der Waals surface area (Å²) in [5.74, 6) is -1.38. The van der Waals surface area contributed by atoms with Gasteiger partial charge in [-0.15, -0.1) is 0 Å². The zero-order chi connectivity index (χ0) is 10.7. The van der Waals surface area contributed by atoms with Crippen LogP contribution in [-0.4, -0.2) is 23.0 Å². The lowest BCUT2D eigenvalue weighted by molar-refractivity contribution is -0.375. The van der Waals surface area contributed by atoms with E-state index in [9.17, 15) is 14.9 Å². The van der Waals surface area contributed by atoms with Gasteiger partial charge in [0.15, 0.2) is 11.5 Å². The maximum atomic E-state index is 10.9. The van der Waals surface area contributed by atoms with E-state index in [2.05, 4.69) is 0 Å². The highest BCUT2D eigenvalue weighted by molar-refractivity contribution is 5.88. The molecule has 0 radical (unpaired) electrons. The largest absolute Gasteiger partial charge is 0.504 e. The van der Waals surface area contributed by atoms with Crippen LogP contribution in [0.2, 0.25) is 0 Å². The first-order valence-corrected chi connectivity index (χ1v) is 3.62. The number of ether oxygens (including phenoxy) is 1. The van der Waals surface area contributed by atoms with E-state index in [1.807, 2.05) is 0 Å². The summed E-state index contributed by atoms with van der Waals surface area (Å²) in [6, 6.07) is 3.43. The van der Waals surface area contributed by atoms with Crippen molar-refractivity contribution in [1.82, 2.24) is 0 Å². The number of hydrogen-bond donors (Lipinski definition) is 1. The molecule has 0 aliphatic heterocycles. The molecular weight excluding hydrogens is 190 g/mol. The number of phenolic OH excluding ortho intramolecular Hbond substituents is 1. The number of carbonyl (C=O) groups excluding carboxylic acids is 1. The molecule has 0 fully saturated rings. The van der Waals surface area contributed by atoms with Crippen molar-refractivity contribution in [3.63, 3.8) is 0 Å². The molecule has 0 atom stereocenters. The van der Waals surface area contributed by atoms with Crippen LogP contribution in [0, 0.1) is 10.1 Å². The second-order valence-electron chi connectivity index (χ2n) is 2.45. The zero-order valence-electron chi connectivity index (χ0n) is 7.26. The zero-order valence-corrected chi connectivity index (χ0v) is 7.26. The summed E-state index contributed by atoms with van der Waals surface area (Å²) >= 11 is 0. The number of nitro groups is 1. The number of carbonyl (C=O) groups is 1. The van der Waals surface area contributed by atoms with Crippen molar-refractivity contribution in [3.05, 3.63) is 33.9 Å². The number of methoxy groups -OCH3 is 1. The smallest absolute Gasteiger partial charge is 0.476 e. The van der Waals surface area contributed by atoms with Gasteiger partial charge in [0.2, 0.25) is 0 Å². The van der Waals surface area contributed by atoms with Crippen LogP contribution in [0.5, 0.6) is 11.5 Å². The van der Waals surface area contributed by atoms with Crippen LogP contribution in [0.1, 0.15) is 10.4 Å². The Morgan fingerprint density at radius 3 is 2.71 bits per heavy atom. The van der Waals surface area contributed by atoms with Crippen molar-refractivity contribution in [1.29, 1.82) is 0 Å². The number of phenols is 1. The lowest BCUT2D eigenvalue weighted by Gasteiger charge is -2.02. The van der Waals surface area contributed by atoms with Gasteiger partial charge in [-0.2, -0.15) is 0 Å². The predicted molar refractivity (Wildman–Crippen MR) is 46.0 cm³/mol. The van der Waals surface area contributed by atoms with Crippen molar-refractivity contribution in [2.24, 2.45) is 0 Å². The van der Waals surface area contributed by atoms with E-state index < -0.39 is 10.8 Å². The number of rotatable bonds is 2. The molecule has 1 N–H and O–H groups in total. The topological polar surface area (TPSA) is 89.7 Å². The molecule has 6 nitrogen and oxygen atoms in total. The maximum absolute atomic E-state index is 10.9. The number of hydrogen-bond acceptors (Lipinski definition) is 5. The lowest BCUT2D eigenvalue weighted by Crippen LogP contribution is -2.11. The molecule has 0 unspecified atom stereocenters. The number of aromatic hydroxyl groups is 1. The second-order valence-corrected chi connectivity index (χ2v) is 2.45. The molecule has 1 aromatic carbocycles. The lowest BCUT2D eigenvalue weighted by atomic mass is 10.2. The third-order valence-corrected chi connectivity index (χ3v) is 1.59. The van der Waals surface area contributed by atoms with Crippen LogP contribution >= 0.6 is 0 Å². The van der Waals surface area contributed by atoms with Gasteiger partial charge in [0.05, 0.1) is 7.11 Å². The summed E-state index contributed by atoms with van der Waals surface area (Å²) in [6.45, 7) is 0. The average molecular weight is 197 g/mol. The maximum Gasteiger partial charge on any atom is 0.476 e. The molecule has 6 heteroatoms. The minimum absolute atomic E-state index is 0.0256. The van der Waals surface area contributed by atoms with Crippen LogP contribution in [0.15, 0.2) is 18.2 Å². The van der Waals surface area contributed by atoms with Gasteiger partial charge >= 0.3 is 5.91 Å². The molecule has 0 spiro atoms. The number of nitrogens with zero attached hydrogens (tertiary/aromatic N) is 1. The minimum atomic E-state index is -1.23. The van der Waals surface area contributed by atoms with E-state index in [1.54, 1.807) is 0 Å². The summed E-state index contributed by atoms with van der Waals surface area (Å²) in [4.78, 5) is 20.0. The van der Waals surface area contributed by atoms with E-state index in [4.69, 9.17) is 9.84 Å². The summed E-state index contributed by atoms with van der Waals surface area (Å²) in [7, 11) is 1.29. The molecule has 1 amide bonds. The van der Waals surface area contributed by atoms with E-state index in [0.29, 0.717) is 0 Å². The third kappa shape index (κ3) is 1.79. The summed E-state index contributed by atoms with van der Waals surface area (Å²) in [6.07, 6.45) is 0. The van der Waals surface area contributed by atoms with Crippen LogP contribution in [0.3, 0.4) is 0 Å². The van der Waals surface area contributed by atoms with Gasteiger partial charge in [-0.1, -0.05) is 0 Å². The van der Waals surface area contributed by atoms with E-state index in [0.717, 1.165) is 18.2 Å². The Kier molecular flexibility index (Phi) is 2.66. The van der Waals surface area contributed by atoms with E-state index in [-0.39, 0.29) is 17.1 Å². The van der Waals surface area contributed by atoms with Gasteiger partial charge < -0.3 is 9.84 Å². The molecule has 14 heavy (non-hydrogen) atoms. The number of benzene rings is 1. The van der Waals surface area contributed by atoms with Crippen molar-refractivity contribution >= 4 is 5.91 Å². The van der Waals surface area contributed by atoms with Crippen LogP contribution in [0.25, 0.3) is 0 Å². The average Bonchev–Trinajstić information content (AvgIpc) is 2.17. The SMILES string of the molecule is COc1cc(C(=O)[N+](=O)[O-])ccc1O. The fourth-order valence-corrected chi connectivity index (χ4v) is 0.916. The Morgan fingerprint density at radius 2 is 2.21 bits per heavy atom. The molecule has 0 saturated heterocycles. The highest BCUT2D eigenvalue weighted by atomic mass is 16.6. The van der Waals surface area contributed by atoms with Crippen LogP contribution in [0.4, 0.5) is 0 Å². The highest BCUT2D eigenvalue weighted by Gasteiger charge is 2.19. The molecule has 1 rings (SSSR count). The van der Waals surface area contributed by atoms with E-state index in [1.165, 1.54) is 7.11 Å². The molecule has 0 heterocycles. The number of amides is 1. The van der Waals surface area contributed by atoms with Gasteiger partial charge in [-0.3, -0.25) is 10.1 Å². The van der Waals surface area contributed by atoms with Crippen molar-refractivity contribution in [3.8, 4) is 11.5 Å². The summed E-state index contributed by atoms with van der Waals surface area (Å²) < 4.78 is 4.69. The van der Waals surface area contributed by atoms with Crippen molar-refractivity contribution in [2.75, 3.05) is 7.11 Å². The Hall–Kier alpha value is -2.11. The first kappa shape index (κ1) is 9.97. The van der Waals surface area contributed by atoms with Gasteiger partial charge in [0.25, 0.3) is 0 Å². The first-order chi connectivity index (χ1) is 6.56. The van der Waals surface area contributed by atoms with Gasteiger partial charge in [0.1, 0.15) is 10.5 Å². The van der Waals surface area contributed by atoms with Crippen LogP contribution in [-0.2, 0) is 0 Å². The normalized spacial score (nSPS) is 9.50. The molecule has 1 aromatic rings. The molecule has 0 aliphatic rings. The Bertz CT molecular complexity index is 387. The first-order valence-electron chi connectivity index (χ1n) is 3.62. The Morgan fingerprint density at radius 1 is 1.57 bits per heavy atom. The van der Waals surface area contributed by atoms with Gasteiger partial charge in [0, 0.05) is 6.07 Å². The predicted octanol–water partition coefficient (Wildman–Crippen LogP) is 0.818. The fourth-order valence-electron chi connectivity index (χ4n) is 0.916. The summed E-state index contributed by atoms with van der Waals surface area (Å²) in [5.41, 5.74) is -0.135. The standard InChI is InChI=1S/C8H7NO5/c1-14-7-4-5(2-3-6(7)10)8(11)9(12)13/h2-4,10H,1H3. The molecule has 0 bridgehead atoms. The van der Waals surface area contributed by atoms with Gasteiger partial charge in [-0.05, 0) is 12.1 Å². The van der Waals surface area contributed by atoms with Crippen molar-refractivity contribution in [2.45, 2.75) is 0 Å². The van der Waals surface area contributed by atoms with E-state index >= 15 is 0 Å². The Labute approximate surface area is 78.9 Å². The Balaban J connectivity index is 3.12. The minimum Gasteiger partial charge on any atom is -0.504 e. The molecular formula is C8H7NO5. The monoisotopic (exact) mass is 197 g/mol. The van der Waals surface area contributed by atoms with Gasteiger partial charge in [-0.25, -0.2) is 4.79 Å². The molecule has 0 saturated carbocycles. The third-order valence-electron chi connectivity index (χ3n) is 1.59. The summed E-state index contributed by atoms with van der Waals surface area (Å²) in [5, 5.41) is 19.3. The van der Waals surface area contributed by atoms with Crippen molar-refractivity contribution < 1.29 is 19.6 Å². The second kappa shape index (κ2) is 3.73. The molecule has 74 valence electrons. The fraction of sp³-hybridized carbons (Fsp3) is 0.125. The molecule has 0 aromatic heterocycles. The molecule has 0 aliphatic carbocycles. The van der Waals surface area contributed by atoms with Crippen LogP contribution < -0.4 is 4.74 Å². The highest BCUT2D eigenvalue weighted by Crippen LogP contribution is 2.26. The quantitative estimate of drug-likeness (QED) is 0.559.